The average molecular weight is 372 g/mol. The van der Waals surface area contributed by atoms with Crippen LogP contribution in [0.3, 0.4) is 0 Å². The third kappa shape index (κ3) is 5.73. The Morgan fingerprint density at radius 2 is 1.39 bits per heavy atom. The minimum atomic E-state index is 0.551. The van der Waals surface area contributed by atoms with Gasteiger partial charge in [0.15, 0.2) is 0 Å². The molecule has 0 aromatic heterocycles. The molecule has 1 heteroatoms. The molecule has 1 N–H and O–H groups in total. The van der Waals surface area contributed by atoms with Crippen molar-refractivity contribution in [1.82, 2.24) is 0 Å². The van der Waals surface area contributed by atoms with E-state index in [1.807, 2.05) is 0 Å². The van der Waals surface area contributed by atoms with E-state index in [9.17, 15) is 0 Å². The van der Waals surface area contributed by atoms with Gasteiger partial charge < -0.3 is 5.32 Å². The topological polar surface area (TPSA) is 12.0 Å². The van der Waals surface area contributed by atoms with Gasteiger partial charge in [-0.15, -0.1) is 0 Å². The first kappa shape index (κ1) is 20.2. The highest BCUT2D eigenvalue weighted by Crippen LogP contribution is 2.26. The smallest absolute Gasteiger partial charge is 0.0384 e. The van der Waals surface area contributed by atoms with Crippen molar-refractivity contribution in [2.75, 3.05) is 5.32 Å². The summed E-state index contributed by atoms with van der Waals surface area (Å²) in [5.74, 6) is 0.551. The van der Waals surface area contributed by atoms with Gasteiger partial charge in [-0.2, -0.15) is 0 Å². The lowest BCUT2D eigenvalue weighted by Gasteiger charge is -2.11. The number of nitrogens with one attached hydrogen (secondary N) is 1. The lowest BCUT2D eigenvalue weighted by atomic mass is 9.97. The molecule has 3 aromatic rings. The van der Waals surface area contributed by atoms with Gasteiger partial charge in [0.25, 0.3) is 0 Å². The molecule has 0 bridgehead atoms. The van der Waals surface area contributed by atoms with Crippen LogP contribution in [0.4, 0.5) is 11.4 Å². The molecule has 0 saturated carbocycles. The molecule has 0 amide bonds. The molecular weight excluding hydrogens is 338 g/mol. The second-order valence-electron chi connectivity index (χ2n) is 7.99. The van der Waals surface area contributed by atoms with E-state index in [0.717, 1.165) is 11.4 Å². The van der Waals surface area contributed by atoms with Gasteiger partial charge >= 0.3 is 0 Å². The van der Waals surface area contributed by atoms with Crippen molar-refractivity contribution in [3.05, 3.63) is 83.9 Å². The maximum absolute atomic E-state index is 3.52. The molecule has 3 rings (SSSR count). The summed E-state index contributed by atoms with van der Waals surface area (Å²) < 4.78 is 0. The highest BCUT2D eigenvalue weighted by atomic mass is 14.9. The molecule has 3 aromatic carbocycles. The zero-order valence-electron chi connectivity index (χ0n) is 17.5. The molecule has 0 spiro atoms. The highest BCUT2D eigenvalue weighted by Gasteiger charge is 2.03. The summed E-state index contributed by atoms with van der Waals surface area (Å²) in [6.45, 7) is 6.74. The van der Waals surface area contributed by atoms with Crippen LogP contribution >= 0.6 is 0 Å². The lowest BCUT2D eigenvalue weighted by Crippen LogP contribution is -1.92. The molecule has 146 valence electrons. The van der Waals surface area contributed by atoms with Crippen molar-refractivity contribution >= 4 is 11.4 Å². The largest absolute Gasteiger partial charge is 0.356 e. The van der Waals surface area contributed by atoms with E-state index in [1.165, 1.54) is 54.4 Å². The fourth-order valence-electron chi connectivity index (χ4n) is 3.50. The predicted octanol–water partition coefficient (Wildman–Crippen LogP) is 8.34. The van der Waals surface area contributed by atoms with Crippen molar-refractivity contribution in [2.24, 2.45) is 0 Å². The Bertz CT molecular complexity index is 844. The Hall–Kier alpha value is -2.54. The summed E-state index contributed by atoms with van der Waals surface area (Å²) in [6, 6.07) is 26.4. The maximum atomic E-state index is 3.52. The fraction of sp³-hybridized carbons (Fsp3) is 0.333. The molecule has 0 saturated heterocycles. The van der Waals surface area contributed by atoms with Gasteiger partial charge in [0.05, 0.1) is 0 Å². The first-order chi connectivity index (χ1) is 13.7. The van der Waals surface area contributed by atoms with Crippen molar-refractivity contribution in [3.63, 3.8) is 0 Å². The molecule has 28 heavy (non-hydrogen) atoms. The normalized spacial score (nSPS) is 11.0. The van der Waals surface area contributed by atoms with Gasteiger partial charge in [0.1, 0.15) is 0 Å². The van der Waals surface area contributed by atoms with Crippen LogP contribution in [0.5, 0.6) is 0 Å². The molecule has 1 nitrogen and oxygen atoms in total. The first-order valence-corrected chi connectivity index (χ1v) is 10.7. The molecule has 0 aliphatic rings. The number of hydrogen-bond acceptors (Lipinski definition) is 1. The second kappa shape index (κ2) is 10.1. The first-order valence-electron chi connectivity index (χ1n) is 10.7. The predicted molar refractivity (Wildman–Crippen MR) is 124 cm³/mol. The van der Waals surface area contributed by atoms with E-state index < -0.39 is 0 Å². The van der Waals surface area contributed by atoms with E-state index >= 15 is 0 Å². The van der Waals surface area contributed by atoms with Gasteiger partial charge in [-0.3, -0.25) is 0 Å². The summed E-state index contributed by atoms with van der Waals surface area (Å²) in [4.78, 5) is 0. The number of anilines is 2. The number of hydrogen-bond donors (Lipinski definition) is 1. The summed E-state index contributed by atoms with van der Waals surface area (Å²) >= 11 is 0. The van der Waals surface area contributed by atoms with Crippen LogP contribution in [0, 0.1) is 0 Å². The monoisotopic (exact) mass is 371 g/mol. The van der Waals surface area contributed by atoms with Crippen molar-refractivity contribution in [2.45, 2.75) is 58.8 Å². The number of unbranched alkanes of at least 4 members (excludes halogenated alkanes) is 3. The third-order valence-corrected chi connectivity index (χ3v) is 5.33. The highest BCUT2D eigenvalue weighted by molar-refractivity contribution is 5.69. The molecule has 0 fully saturated rings. The van der Waals surface area contributed by atoms with Gasteiger partial charge in [-0.25, -0.2) is 0 Å². The van der Waals surface area contributed by atoms with Gasteiger partial charge in [0, 0.05) is 11.4 Å². The molecule has 0 aliphatic carbocycles. The van der Waals surface area contributed by atoms with Gasteiger partial charge in [0.2, 0.25) is 0 Å². The average Bonchev–Trinajstić information content (AvgIpc) is 2.73. The zero-order chi connectivity index (χ0) is 19.8. The molecule has 0 atom stereocenters. The molecule has 0 aliphatic heterocycles. The molecular formula is C27H33N. The molecule has 0 radical (unpaired) electrons. The summed E-state index contributed by atoms with van der Waals surface area (Å²) in [6.07, 6.45) is 6.45. The summed E-state index contributed by atoms with van der Waals surface area (Å²) in [5.41, 5.74) is 7.63. The summed E-state index contributed by atoms with van der Waals surface area (Å²) in [5, 5.41) is 3.52. The van der Waals surface area contributed by atoms with E-state index in [0.29, 0.717) is 5.92 Å². The number of rotatable bonds is 9. The van der Waals surface area contributed by atoms with Crippen LogP contribution in [0.15, 0.2) is 72.8 Å². The number of aryl methyl sites for hydroxylation is 1. The minimum Gasteiger partial charge on any atom is -0.356 e. The van der Waals surface area contributed by atoms with E-state index in [2.05, 4.69) is 98.9 Å². The fourth-order valence-corrected chi connectivity index (χ4v) is 3.50. The van der Waals surface area contributed by atoms with Crippen LogP contribution in [-0.4, -0.2) is 0 Å². The zero-order valence-corrected chi connectivity index (χ0v) is 17.5. The third-order valence-electron chi connectivity index (χ3n) is 5.33. The maximum Gasteiger partial charge on any atom is 0.0384 e. The Kier molecular flexibility index (Phi) is 7.31. The Morgan fingerprint density at radius 1 is 0.714 bits per heavy atom. The minimum absolute atomic E-state index is 0.551. The summed E-state index contributed by atoms with van der Waals surface area (Å²) in [7, 11) is 0. The van der Waals surface area contributed by atoms with Crippen LogP contribution < -0.4 is 5.32 Å². The molecule has 0 heterocycles. The lowest BCUT2D eigenvalue weighted by molar-refractivity contribution is 0.667. The van der Waals surface area contributed by atoms with Crippen molar-refractivity contribution in [1.29, 1.82) is 0 Å². The molecule has 0 unspecified atom stereocenters. The number of benzene rings is 3. The van der Waals surface area contributed by atoms with E-state index in [1.54, 1.807) is 0 Å². The van der Waals surface area contributed by atoms with Crippen LogP contribution in [0.2, 0.25) is 0 Å². The van der Waals surface area contributed by atoms with Crippen LogP contribution in [0.25, 0.3) is 11.1 Å². The van der Waals surface area contributed by atoms with E-state index in [-0.39, 0.29) is 0 Å². The van der Waals surface area contributed by atoms with E-state index in [4.69, 9.17) is 0 Å². The Balaban J connectivity index is 1.60. The van der Waals surface area contributed by atoms with Crippen molar-refractivity contribution in [3.8, 4) is 11.1 Å². The van der Waals surface area contributed by atoms with Crippen LogP contribution in [-0.2, 0) is 6.42 Å². The van der Waals surface area contributed by atoms with Crippen LogP contribution in [0.1, 0.15) is 63.5 Å². The standard InChI is InChI=1S/C27H33N/c1-4-5-6-7-9-22-12-16-26(17-13-22)28-27-18-14-23(15-19-27)25-11-8-10-24(20-25)21(2)3/h8,10-21,28H,4-7,9H2,1-3H3. The van der Waals surface area contributed by atoms with Gasteiger partial charge in [-0.1, -0.05) is 88.6 Å². The van der Waals surface area contributed by atoms with Crippen molar-refractivity contribution < 1.29 is 0 Å². The Morgan fingerprint density at radius 3 is 2.04 bits per heavy atom. The quantitative estimate of drug-likeness (QED) is 0.373. The Labute approximate surface area is 170 Å². The SMILES string of the molecule is CCCCCCc1ccc(Nc2ccc(-c3cccc(C(C)C)c3)cc2)cc1. The second-order valence-corrected chi connectivity index (χ2v) is 7.99. The van der Waals surface area contributed by atoms with Gasteiger partial charge in [-0.05, 0) is 65.3 Å².